The van der Waals surface area contributed by atoms with E-state index in [0.717, 1.165) is 37.9 Å². The molecule has 1 aliphatic carbocycles. The van der Waals surface area contributed by atoms with Gasteiger partial charge in [-0.15, -0.1) is 0 Å². The lowest BCUT2D eigenvalue weighted by Crippen LogP contribution is -2.31. The molecular weight excluding hydrogens is 258 g/mol. The van der Waals surface area contributed by atoms with E-state index in [1.807, 2.05) is 12.1 Å². The van der Waals surface area contributed by atoms with Crippen LogP contribution in [-0.2, 0) is 16.1 Å². The molecule has 1 aromatic heterocycles. The molecule has 2 N–H and O–H groups in total. The van der Waals surface area contributed by atoms with E-state index in [2.05, 4.69) is 5.32 Å². The van der Waals surface area contributed by atoms with Gasteiger partial charge in [0.25, 0.3) is 0 Å². The standard InChI is InChI=1S/C15H25NO4/c17-14(11-19-12-15-3-1-8-20-15)9-16-6-2-7-18-10-13-4-5-13/h1,3,8,13-14,16-17H,2,4-7,9-12H2. The van der Waals surface area contributed by atoms with Gasteiger partial charge < -0.3 is 24.3 Å². The molecule has 1 saturated carbocycles. The third kappa shape index (κ3) is 7.05. The van der Waals surface area contributed by atoms with Crippen molar-refractivity contribution in [3.63, 3.8) is 0 Å². The van der Waals surface area contributed by atoms with Crippen molar-refractivity contribution in [1.29, 1.82) is 0 Å². The Labute approximate surface area is 120 Å². The van der Waals surface area contributed by atoms with Crippen molar-refractivity contribution in [3.8, 4) is 0 Å². The van der Waals surface area contributed by atoms with Gasteiger partial charge >= 0.3 is 0 Å². The molecule has 1 aromatic rings. The van der Waals surface area contributed by atoms with Crippen LogP contribution in [-0.4, -0.2) is 44.1 Å². The van der Waals surface area contributed by atoms with Crippen molar-refractivity contribution in [1.82, 2.24) is 5.32 Å². The molecule has 20 heavy (non-hydrogen) atoms. The zero-order valence-electron chi connectivity index (χ0n) is 11.9. The largest absolute Gasteiger partial charge is 0.467 e. The highest BCUT2D eigenvalue weighted by atomic mass is 16.5. The van der Waals surface area contributed by atoms with Crippen LogP contribution in [0, 0.1) is 5.92 Å². The summed E-state index contributed by atoms with van der Waals surface area (Å²) in [6.45, 7) is 3.84. The van der Waals surface area contributed by atoms with Crippen LogP contribution in [0.15, 0.2) is 22.8 Å². The van der Waals surface area contributed by atoms with Crippen molar-refractivity contribution >= 4 is 0 Å². The molecule has 1 fully saturated rings. The lowest BCUT2D eigenvalue weighted by molar-refractivity contribution is 0.0224. The van der Waals surface area contributed by atoms with Gasteiger partial charge in [0.2, 0.25) is 0 Å². The maximum absolute atomic E-state index is 9.71. The number of rotatable bonds is 12. The number of ether oxygens (including phenoxy) is 2. The van der Waals surface area contributed by atoms with Crippen LogP contribution >= 0.6 is 0 Å². The highest BCUT2D eigenvalue weighted by Crippen LogP contribution is 2.28. The van der Waals surface area contributed by atoms with E-state index in [0.29, 0.717) is 19.8 Å². The maximum Gasteiger partial charge on any atom is 0.129 e. The minimum absolute atomic E-state index is 0.311. The highest BCUT2D eigenvalue weighted by Gasteiger charge is 2.20. The van der Waals surface area contributed by atoms with Crippen LogP contribution < -0.4 is 5.32 Å². The summed E-state index contributed by atoms with van der Waals surface area (Å²) in [4.78, 5) is 0. The SMILES string of the molecule is OC(CNCCCOCC1CC1)COCc1ccco1. The Bertz CT molecular complexity index is 338. The molecule has 0 aromatic carbocycles. The van der Waals surface area contributed by atoms with Crippen molar-refractivity contribution in [3.05, 3.63) is 24.2 Å². The lowest BCUT2D eigenvalue weighted by atomic mass is 10.3. The Morgan fingerprint density at radius 1 is 1.40 bits per heavy atom. The fourth-order valence-corrected chi connectivity index (χ4v) is 1.85. The number of hydrogen-bond acceptors (Lipinski definition) is 5. The van der Waals surface area contributed by atoms with E-state index >= 15 is 0 Å². The van der Waals surface area contributed by atoms with Gasteiger partial charge in [-0.1, -0.05) is 0 Å². The molecule has 1 heterocycles. The summed E-state index contributed by atoms with van der Waals surface area (Å²) in [5.74, 6) is 1.61. The first-order valence-electron chi connectivity index (χ1n) is 7.41. The Morgan fingerprint density at radius 3 is 3.05 bits per heavy atom. The van der Waals surface area contributed by atoms with Crippen LogP contribution in [0.4, 0.5) is 0 Å². The fourth-order valence-electron chi connectivity index (χ4n) is 1.85. The van der Waals surface area contributed by atoms with Gasteiger partial charge in [-0.05, 0) is 43.9 Å². The lowest BCUT2D eigenvalue weighted by Gasteiger charge is -2.12. The first-order chi connectivity index (χ1) is 9.84. The van der Waals surface area contributed by atoms with Gasteiger partial charge in [0.15, 0.2) is 0 Å². The van der Waals surface area contributed by atoms with E-state index in [-0.39, 0.29) is 0 Å². The van der Waals surface area contributed by atoms with Gasteiger partial charge in [0.1, 0.15) is 12.4 Å². The minimum atomic E-state index is -0.489. The third-order valence-corrected chi connectivity index (χ3v) is 3.21. The zero-order valence-corrected chi connectivity index (χ0v) is 11.9. The van der Waals surface area contributed by atoms with E-state index < -0.39 is 6.10 Å². The molecule has 0 saturated heterocycles. The Balaban J connectivity index is 1.35. The van der Waals surface area contributed by atoms with Crippen LogP contribution in [0.1, 0.15) is 25.0 Å². The van der Waals surface area contributed by atoms with Crippen LogP contribution in [0.25, 0.3) is 0 Å². The number of aliphatic hydroxyl groups excluding tert-OH is 1. The summed E-state index contributed by atoms with van der Waals surface area (Å²) in [6.07, 6.45) is 4.77. The van der Waals surface area contributed by atoms with E-state index in [1.54, 1.807) is 6.26 Å². The molecule has 0 radical (unpaired) electrons. The van der Waals surface area contributed by atoms with Crippen LogP contribution in [0.3, 0.4) is 0 Å². The molecule has 114 valence electrons. The first-order valence-corrected chi connectivity index (χ1v) is 7.41. The molecule has 5 heteroatoms. The quantitative estimate of drug-likeness (QED) is 0.570. The van der Waals surface area contributed by atoms with Gasteiger partial charge in [0.05, 0.1) is 19.0 Å². The summed E-state index contributed by atoms with van der Waals surface area (Å²) >= 11 is 0. The van der Waals surface area contributed by atoms with Gasteiger partial charge in [-0.25, -0.2) is 0 Å². The molecule has 0 aliphatic heterocycles. The maximum atomic E-state index is 9.71. The first kappa shape index (κ1) is 15.5. The molecule has 2 rings (SSSR count). The molecular formula is C15H25NO4. The molecule has 0 spiro atoms. The average molecular weight is 283 g/mol. The van der Waals surface area contributed by atoms with Crippen LogP contribution in [0.5, 0.6) is 0 Å². The molecule has 0 amide bonds. The zero-order chi connectivity index (χ0) is 14.0. The van der Waals surface area contributed by atoms with Gasteiger partial charge in [0, 0.05) is 19.8 Å². The molecule has 1 unspecified atom stereocenters. The second-order valence-electron chi connectivity index (χ2n) is 5.32. The van der Waals surface area contributed by atoms with Crippen LogP contribution in [0.2, 0.25) is 0 Å². The topological polar surface area (TPSA) is 63.9 Å². The summed E-state index contributed by atoms with van der Waals surface area (Å²) < 4.78 is 16.0. The van der Waals surface area contributed by atoms with Crippen molar-refractivity contribution in [2.24, 2.45) is 5.92 Å². The number of hydrogen-bond donors (Lipinski definition) is 2. The summed E-state index contributed by atoms with van der Waals surface area (Å²) in [5, 5.41) is 12.9. The monoisotopic (exact) mass is 283 g/mol. The number of furan rings is 1. The average Bonchev–Trinajstić information content (AvgIpc) is 3.12. The molecule has 0 bridgehead atoms. The smallest absolute Gasteiger partial charge is 0.129 e. The van der Waals surface area contributed by atoms with E-state index in [4.69, 9.17) is 13.9 Å². The number of nitrogens with one attached hydrogen (secondary N) is 1. The Morgan fingerprint density at radius 2 is 2.30 bits per heavy atom. The molecule has 1 atom stereocenters. The summed E-state index contributed by atoms with van der Waals surface area (Å²) in [5.41, 5.74) is 0. The van der Waals surface area contributed by atoms with Crippen molar-refractivity contribution in [2.45, 2.75) is 32.0 Å². The molecule has 5 nitrogen and oxygen atoms in total. The summed E-state index contributed by atoms with van der Waals surface area (Å²) in [7, 11) is 0. The normalized spacial score (nSPS) is 16.4. The van der Waals surface area contributed by atoms with E-state index in [9.17, 15) is 5.11 Å². The van der Waals surface area contributed by atoms with Gasteiger partial charge in [-0.3, -0.25) is 0 Å². The third-order valence-electron chi connectivity index (χ3n) is 3.21. The van der Waals surface area contributed by atoms with E-state index in [1.165, 1.54) is 12.8 Å². The second-order valence-corrected chi connectivity index (χ2v) is 5.32. The Hall–Kier alpha value is -0.880. The Kier molecular flexibility index (Phi) is 7.08. The highest BCUT2D eigenvalue weighted by molar-refractivity contribution is 4.96. The second kappa shape index (κ2) is 9.13. The predicted octanol–water partition coefficient (Wildman–Crippen LogP) is 1.56. The predicted molar refractivity (Wildman–Crippen MR) is 75.4 cm³/mol. The minimum Gasteiger partial charge on any atom is -0.467 e. The summed E-state index contributed by atoms with van der Waals surface area (Å²) in [6, 6.07) is 3.67. The number of aliphatic hydroxyl groups is 1. The van der Waals surface area contributed by atoms with Crippen molar-refractivity contribution in [2.75, 3.05) is 32.9 Å². The van der Waals surface area contributed by atoms with Gasteiger partial charge in [-0.2, -0.15) is 0 Å². The molecule has 1 aliphatic rings. The fraction of sp³-hybridized carbons (Fsp3) is 0.733. The van der Waals surface area contributed by atoms with Crippen molar-refractivity contribution < 1.29 is 19.0 Å².